The van der Waals surface area contributed by atoms with Gasteiger partial charge in [0.05, 0.1) is 6.54 Å². The van der Waals surface area contributed by atoms with Crippen LogP contribution in [0.4, 0.5) is 0 Å². The van der Waals surface area contributed by atoms with Gasteiger partial charge < -0.3 is 0 Å². The van der Waals surface area contributed by atoms with E-state index in [1.165, 1.54) is 15.6 Å². The molecule has 0 bridgehead atoms. The summed E-state index contributed by atoms with van der Waals surface area (Å²) in [6.45, 7) is 0.385. The van der Waals surface area contributed by atoms with E-state index in [4.69, 9.17) is 0 Å². The SMILES string of the molecule is Cn1c(=O)c2c(=O)n(Cc3ccccc3)sc2n(C)c1=O. The van der Waals surface area contributed by atoms with Crippen LogP contribution in [0.3, 0.4) is 0 Å². The van der Waals surface area contributed by atoms with Gasteiger partial charge in [0.1, 0.15) is 10.2 Å². The highest BCUT2D eigenvalue weighted by Gasteiger charge is 2.17. The van der Waals surface area contributed by atoms with E-state index in [2.05, 4.69) is 0 Å². The van der Waals surface area contributed by atoms with Gasteiger partial charge in [-0.1, -0.05) is 30.3 Å². The van der Waals surface area contributed by atoms with E-state index in [1.54, 1.807) is 7.05 Å². The Bertz CT molecular complexity index is 992. The fourth-order valence-corrected chi connectivity index (χ4v) is 3.30. The van der Waals surface area contributed by atoms with Crippen molar-refractivity contribution in [2.45, 2.75) is 6.54 Å². The second-order valence-corrected chi connectivity index (χ2v) is 5.81. The van der Waals surface area contributed by atoms with Crippen molar-refractivity contribution in [3.8, 4) is 0 Å². The molecule has 3 aromatic rings. The van der Waals surface area contributed by atoms with Crippen molar-refractivity contribution < 1.29 is 0 Å². The van der Waals surface area contributed by atoms with Gasteiger partial charge in [0, 0.05) is 14.1 Å². The van der Waals surface area contributed by atoms with Crippen molar-refractivity contribution in [2.24, 2.45) is 14.1 Å². The van der Waals surface area contributed by atoms with Crippen molar-refractivity contribution in [3.05, 3.63) is 67.1 Å². The number of benzene rings is 1. The largest absolute Gasteiger partial charge is 0.331 e. The standard InChI is InChI=1S/C14H13N3O3S/c1-15-11(18)10-12(19)17(8-9-6-4-3-5-7-9)21-13(10)16(2)14(15)20/h3-7H,8H2,1-2H3. The molecule has 0 saturated carbocycles. The van der Waals surface area contributed by atoms with Gasteiger partial charge in [-0.25, -0.2) is 4.79 Å². The van der Waals surface area contributed by atoms with E-state index in [-0.39, 0.29) is 10.9 Å². The molecule has 0 spiro atoms. The third-order valence-corrected chi connectivity index (χ3v) is 4.58. The minimum absolute atomic E-state index is 0.0699. The normalized spacial score (nSPS) is 11.1. The van der Waals surface area contributed by atoms with Gasteiger partial charge in [0.25, 0.3) is 11.1 Å². The summed E-state index contributed by atoms with van der Waals surface area (Å²) < 4.78 is 3.80. The molecule has 3 rings (SSSR count). The average Bonchev–Trinajstić information content (AvgIpc) is 2.81. The molecule has 2 heterocycles. The molecule has 0 aliphatic rings. The molecule has 0 saturated heterocycles. The zero-order valence-corrected chi connectivity index (χ0v) is 12.4. The van der Waals surface area contributed by atoms with Crippen LogP contribution >= 0.6 is 11.5 Å². The predicted octanol–water partition coefficient (Wildman–Crippen LogP) is 0.509. The zero-order chi connectivity index (χ0) is 15.1. The van der Waals surface area contributed by atoms with Crippen LogP contribution in [0.1, 0.15) is 5.56 Å². The van der Waals surface area contributed by atoms with Gasteiger partial charge >= 0.3 is 5.69 Å². The van der Waals surface area contributed by atoms with Crippen molar-refractivity contribution >= 4 is 21.7 Å². The van der Waals surface area contributed by atoms with Crippen LogP contribution in [0.5, 0.6) is 0 Å². The van der Waals surface area contributed by atoms with Gasteiger partial charge in [0.2, 0.25) is 0 Å². The van der Waals surface area contributed by atoms with Gasteiger partial charge in [-0.05, 0) is 17.1 Å². The number of nitrogens with zero attached hydrogens (tertiary/aromatic N) is 3. The molecule has 0 atom stereocenters. The summed E-state index contributed by atoms with van der Waals surface area (Å²) >= 11 is 1.14. The summed E-state index contributed by atoms with van der Waals surface area (Å²) in [5, 5.41) is 0.0699. The van der Waals surface area contributed by atoms with Crippen LogP contribution in [0.15, 0.2) is 44.7 Å². The quantitative estimate of drug-likeness (QED) is 0.693. The Morgan fingerprint density at radius 3 is 2.29 bits per heavy atom. The first-order valence-corrected chi connectivity index (χ1v) is 7.12. The molecule has 108 valence electrons. The highest BCUT2D eigenvalue weighted by molar-refractivity contribution is 7.13. The molecule has 1 aromatic carbocycles. The Labute approximate surface area is 123 Å². The lowest BCUT2D eigenvalue weighted by Gasteiger charge is -2.01. The smallest absolute Gasteiger partial charge is 0.286 e. The molecule has 21 heavy (non-hydrogen) atoms. The molecular formula is C14H13N3O3S. The Morgan fingerprint density at radius 1 is 0.952 bits per heavy atom. The summed E-state index contributed by atoms with van der Waals surface area (Å²) in [5.74, 6) is 0. The number of hydrogen-bond donors (Lipinski definition) is 0. The zero-order valence-electron chi connectivity index (χ0n) is 11.6. The summed E-state index contributed by atoms with van der Waals surface area (Å²) in [7, 11) is 2.94. The van der Waals surface area contributed by atoms with Crippen molar-refractivity contribution in [3.63, 3.8) is 0 Å². The van der Waals surface area contributed by atoms with Crippen LogP contribution in [0, 0.1) is 0 Å². The van der Waals surface area contributed by atoms with Crippen LogP contribution in [0.25, 0.3) is 10.2 Å². The van der Waals surface area contributed by atoms with E-state index in [0.29, 0.717) is 11.4 Å². The third kappa shape index (κ3) is 2.06. The first kappa shape index (κ1) is 13.6. The highest BCUT2D eigenvalue weighted by Crippen LogP contribution is 2.12. The monoisotopic (exact) mass is 303 g/mol. The maximum absolute atomic E-state index is 12.4. The molecule has 7 heteroatoms. The van der Waals surface area contributed by atoms with Crippen molar-refractivity contribution in [1.82, 2.24) is 13.1 Å². The van der Waals surface area contributed by atoms with Crippen LogP contribution in [-0.4, -0.2) is 13.1 Å². The van der Waals surface area contributed by atoms with Gasteiger partial charge in [-0.15, -0.1) is 0 Å². The Kier molecular flexibility index (Phi) is 3.13. The molecule has 0 radical (unpaired) electrons. The fourth-order valence-electron chi connectivity index (χ4n) is 2.24. The predicted molar refractivity (Wildman–Crippen MR) is 82.1 cm³/mol. The van der Waals surface area contributed by atoms with E-state index < -0.39 is 11.2 Å². The number of fused-ring (bicyclic) bond motifs is 1. The summed E-state index contributed by atoms with van der Waals surface area (Å²) in [6, 6.07) is 9.50. The molecular weight excluding hydrogens is 290 g/mol. The average molecular weight is 303 g/mol. The van der Waals surface area contributed by atoms with E-state index in [1.807, 2.05) is 30.3 Å². The van der Waals surface area contributed by atoms with Gasteiger partial charge in [-0.2, -0.15) is 0 Å². The number of aryl methyl sites for hydroxylation is 1. The van der Waals surface area contributed by atoms with Crippen LogP contribution < -0.4 is 16.8 Å². The first-order chi connectivity index (χ1) is 10.0. The Morgan fingerprint density at radius 2 is 1.62 bits per heavy atom. The van der Waals surface area contributed by atoms with E-state index in [0.717, 1.165) is 21.7 Å². The first-order valence-electron chi connectivity index (χ1n) is 6.34. The lowest BCUT2D eigenvalue weighted by molar-refractivity contribution is 0.716. The molecule has 0 amide bonds. The third-order valence-electron chi connectivity index (χ3n) is 3.42. The lowest BCUT2D eigenvalue weighted by atomic mass is 10.2. The molecule has 0 N–H and O–H groups in total. The number of rotatable bonds is 2. The second-order valence-electron chi connectivity index (χ2n) is 4.80. The van der Waals surface area contributed by atoms with Crippen molar-refractivity contribution in [1.29, 1.82) is 0 Å². The fraction of sp³-hybridized carbons (Fsp3) is 0.214. The topological polar surface area (TPSA) is 66.0 Å². The second kappa shape index (κ2) is 4.85. The molecule has 0 fully saturated rings. The van der Waals surface area contributed by atoms with Gasteiger partial charge in [0.15, 0.2) is 0 Å². The molecule has 0 aliphatic carbocycles. The summed E-state index contributed by atoms with van der Waals surface area (Å²) in [6.07, 6.45) is 0. The number of hydrogen-bond acceptors (Lipinski definition) is 4. The van der Waals surface area contributed by atoms with Gasteiger partial charge in [-0.3, -0.25) is 22.7 Å². The highest BCUT2D eigenvalue weighted by atomic mass is 32.1. The minimum Gasteiger partial charge on any atom is -0.286 e. The van der Waals surface area contributed by atoms with E-state index in [9.17, 15) is 14.4 Å². The molecule has 6 nitrogen and oxygen atoms in total. The molecule has 0 unspecified atom stereocenters. The maximum atomic E-state index is 12.4. The maximum Gasteiger partial charge on any atom is 0.331 e. The lowest BCUT2D eigenvalue weighted by Crippen LogP contribution is -2.38. The molecule has 2 aromatic heterocycles. The van der Waals surface area contributed by atoms with Crippen LogP contribution in [-0.2, 0) is 20.6 Å². The van der Waals surface area contributed by atoms with Crippen molar-refractivity contribution in [2.75, 3.05) is 0 Å². The number of aromatic nitrogens is 3. The summed E-state index contributed by atoms with van der Waals surface area (Å²) in [5.41, 5.74) is -0.357. The Balaban J connectivity index is 2.29. The minimum atomic E-state index is -0.541. The molecule has 0 aliphatic heterocycles. The van der Waals surface area contributed by atoms with Crippen LogP contribution in [0.2, 0.25) is 0 Å². The van der Waals surface area contributed by atoms with E-state index >= 15 is 0 Å². The Hall–Kier alpha value is -2.41. The summed E-state index contributed by atoms with van der Waals surface area (Å²) in [4.78, 5) is 36.9.